The summed E-state index contributed by atoms with van der Waals surface area (Å²) in [6, 6.07) is 9.40. The van der Waals surface area contributed by atoms with Crippen molar-refractivity contribution in [1.82, 2.24) is 4.98 Å². The van der Waals surface area contributed by atoms with Crippen molar-refractivity contribution in [3.8, 4) is 5.75 Å². The number of aryl methyl sites for hydroxylation is 2. The number of carbonyl (C=O) groups is 2. The number of primary amides is 1. The van der Waals surface area contributed by atoms with Crippen molar-refractivity contribution in [2.75, 3.05) is 18.6 Å². The number of rotatable bonds is 1. The molecule has 0 atom stereocenters. The molecule has 0 unspecified atom stereocenters. The Bertz CT molecular complexity index is 820. The van der Waals surface area contributed by atoms with Gasteiger partial charge in [-0.1, -0.05) is 26.0 Å². The molecule has 0 saturated heterocycles. The molecule has 2 aliphatic rings. The number of nitrogens with zero attached hydrogens (tertiary/aromatic N) is 2. The minimum absolute atomic E-state index is 0.102. The number of nitrogens with two attached hydrogens (primary N) is 1. The highest BCUT2D eigenvalue weighted by Gasteiger charge is 2.18. The molecule has 2 amide bonds. The maximum absolute atomic E-state index is 11.4. The van der Waals surface area contributed by atoms with Crippen LogP contribution in [0.15, 0.2) is 36.5 Å². The van der Waals surface area contributed by atoms with E-state index in [0.717, 1.165) is 24.3 Å². The molecule has 0 saturated carbocycles. The van der Waals surface area contributed by atoms with Crippen LogP contribution in [0, 0.1) is 0 Å². The summed E-state index contributed by atoms with van der Waals surface area (Å²) < 4.78 is 5.43. The zero-order chi connectivity index (χ0) is 20.5. The third kappa shape index (κ3) is 5.31. The van der Waals surface area contributed by atoms with Crippen molar-refractivity contribution in [1.29, 1.82) is 0 Å². The maximum Gasteiger partial charge on any atom is 0.267 e. The predicted molar refractivity (Wildman–Crippen MR) is 111 cm³/mol. The van der Waals surface area contributed by atoms with Gasteiger partial charge in [0.15, 0.2) is 0 Å². The highest BCUT2D eigenvalue weighted by atomic mass is 16.5. The van der Waals surface area contributed by atoms with Crippen molar-refractivity contribution >= 4 is 17.5 Å². The van der Waals surface area contributed by atoms with E-state index >= 15 is 0 Å². The molecule has 6 nitrogen and oxygen atoms in total. The number of benzene rings is 1. The molecule has 1 aromatic heterocycles. The Morgan fingerprint density at radius 3 is 2.50 bits per heavy atom. The van der Waals surface area contributed by atoms with Crippen LogP contribution in [0.3, 0.4) is 0 Å². The Hall–Kier alpha value is -2.89. The minimum Gasteiger partial charge on any atom is -0.491 e. The summed E-state index contributed by atoms with van der Waals surface area (Å²) in [6.45, 7) is 4.47. The molecule has 0 spiro atoms. The molecule has 2 heterocycles. The van der Waals surface area contributed by atoms with Gasteiger partial charge in [0.2, 0.25) is 5.91 Å². The number of amides is 2. The predicted octanol–water partition coefficient (Wildman–Crippen LogP) is 3.52. The lowest BCUT2D eigenvalue weighted by molar-refractivity contribution is -0.118. The Morgan fingerprint density at radius 1 is 1.11 bits per heavy atom. The maximum atomic E-state index is 11.4. The lowest BCUT2D eigenvalue weighted by Crippen LogP contribution is -2.24. The lowest BCUT2D eigenvalue weighted by atomic mass is 9.93. The standard InChI is InChI=1S/C10H12N2O.C10H11NO2.C2H6/c11-10(13)9-5-7-3-1-2-4-8(7)6-12-9;1-11-8-4-2-3-5-9(8)13-7-6-10(11)12;1-2/h5-6H,1-4H2,(H2,11,13);2-5H,6-7H2,1H3;1-2H3. The van der Waals surface area contributed by atoms with Crippen LogP contribution in [-0.4, -0.2) is 30.5 Å². The quantitative estimate of drug-likeness (QED) is 0.816. The molecule has 0 fully saturated rings. The highest BCUT2D eigenvalue weighted by molar-refractivity contribution is 5.95. The molecule has 0 radical (unpaired) electrons. The van der Waals surface area contributed by atoms with Crippen LogP contribution in [-0.2, 0) is 17.6 Å². The first-order chi connectivity index (χ1) is 13.6. The summed E-state index contributed by atoms with van der Waals surface area (Å²) in [4.78, 5) is 27.9. The van der Waals surface area contributed by atoms with Gasteiger partial charge in [-0.2, -0.15) is 0 Å². The van der Waals surface area contributed by atoms with Gasteiger partial charge in [0, 0.05) is 13.2 Å². The summed E-state index contributed by atoms with van der Waals surface area (Å²) in [7, 11) is 1.77. The van der Waals surface area contributed by atoms with E-state index in [9.17, 15) is 9.59 Å². The Labute approximate surface area is 166 Å². The Morgan fingerprint density at radius 2 is 1.79 bits per heavy atom. The third-order valence-corrected chi connectivity index (χ3v) is 4.65. The fourth-order valence-electron chi connectivity index (χ4n) is 3.16. The van der Waals surface area contributed by atoms with E-state index in [4.69, 9.17) is 10.5 Å². The Kier molecular flexibility index (Phi) is 7.99. The van der Waals surface area contributed by atoms with Gasteiger partial charge < -0.3 is 15.4 Å². The molecule has 6 heteroatoms. The number of carbonyl (C=O) groups excluding carboxylic acids is 2. The van der Waals surface area contributed by atoms with Gasteiger partial charge in [0.1, 0.15) is 11.4 Å². The van der Waals surface area contributed by atoms with Crippen molar-refractivity contribution in [3.63, 3.8) is 0 Å². The molecule has 1 aliphatic carbocycles. The summed E-state index contributed by atoms with van der Waals surface area (Å²) >= 11 is 0. The fraction of sp³-hybridized carbons (Fsp3) is 0.409. The number of hydrogen-bond acceptors (Lipinski definition) is 4. The second-order valence-corrected chi connectivity index (χ2v) is 6.43. The fourth-order valence-corrected chi connectivity index (χ4v) is 3.16. The number of aromatic nitrogens is 1. The van der Waals surface area contributed by atoms with E-state index in [1.165, 1.54) is 24.0 Å². The van der Waals surface area contributed by atoms with E-state index < -0.39 is 5.91 Å². The summed E-state index contributed by atoms with van der Waals surface area (Å²) in [6.07, 6.45) is 6.80. The van der Waals surface area contributed by atoms with Gasteiger partial charge in [-0.05, 0) is 55.0 Å². The van der Waals surface area contributed by atoms with Crippen LogP contribution in [0.2, 0.25) is 0 Å². The zero-order valence-electron chi connectivity index (χ0n) is 16.9. The first kappa shape index (κ1) is 21.4. The highest BCUT2D eigenvalue weighted by Crippen LogP contribution is 2.29. The molecule has 28 heavy (non-hydrogen) atoms. The van der Waals surface area contributed by atoms with Gasteiger partial charge in [0.25, 0.3) is 5.91 Å². The van der Waals surface area contributed by atoms with Crippen LogP contribution in [0.4, 0.5) is 5.69 Å². The molecular weight excluding hydrogens is 354 g/mol. The molecule has 1 aromatic carbocycles. The molecule has 2 N–H and O–H groups in total. The second-order valence-electron chi connectivity index (χ2n) is 6.43. The average molecular weight is 383 g/mol. The molecule has 150 valence electrons. The van der Waals surface area contributed by atoms with E-state index in [1.54, 1.807) is 18.1 Å². The zero-order valence-corrected chi connectivity index (χ0v) is 16.9. The molecule has 2 aromatic rings. The van der Waals surface area contributed by atoms with E-state index in [2.05, 4.69) is 4.98 Å². The number of pyridine rings is 1. The molecule has 1 aliphatic heterocycles. The van der Waals surface area contributed by atoms with Gasteiger partial charge >= 0.3 is 0 Å². The normalized spacial score (nSPS) is 14.7. The Balaban J connectivity index is 0.000000184. The van der Waals surface area contributed by atoms with Crippen LogP contribution in [0.25, 0.3) is 0 Å². The number of hydrogen-bond donors (Lipinski definition) is 1. The molecule has 4 rings (SSSR count). The number of ether oxygens (including phenoxy) is 1. The SMILES string of the molecule is CC.CN1C(=O)CCOc2ccccc21.NC(=O)c1cc2c(cn1)CCCC2. The number of fused-ring (bicyclic) bond motifs is 2. The van der Waals surface area contributed by atoms with Crippen LogP contribution in [0.1, 0.15) is 54.7 Å². The number of anilines is 1. The minimum atomic E-state index is -0.437. The van der Waals surface area contributed by atoms with Crippen molar-refractivity contribution in [2.24, 2.45) is 5.73 Å². The lowest BCUT2D eigenvalue weighted by Gasteiger charge is -2.15. The van der Waals surface area contributed by atoms with E-state index in [0.29, 0.717) is 18.7 Å². The van der Waals surface area contributed by atoms with Crippen LogP contribution >= 0.6 is 0 Å². The van der Waals surface area contributed by atoms with E-state index in [1.807, 2.05) is 44.2 Å². The summed E-state index contributed by atoms with van der Waals surface area (Å²) in [5, 5.41) is 0. The molecule has 0 bridgehead atoms. The van der Waals surface area contributed by atoms with E-state index in [-0.39, 0.29) is 5.91 Å². The first-order valence-corrected chi connectivity index (χ1v) is 9.82. The first-order valence-electron chi connectivity index (χ1n) is 9.82. The smallest absolute Gasteiger partial charge is 0.267 e. The van der Waals surface area contributed by atoms with Crippen molar-refractivity contribution in [2.45, 2.75) is 46.0 Å². The van der Waals surface area contributed by atoms with Gasteiger partial charge in [-0.15, -0.1) is 0 Å². The monoisotopic (exact) mass is 383 g/mol. The van der Waals surface area contributed by atoms with Gasteiger partial charge in [0.05, 0.1) is 18.7 Å². The summed E-state index contributed by atoms with van der Waals surface area (Å²) in [5.41, 5.74) is 8.91. The number of para-hydroxylation sites is 2. The molecular formula is C22H29N3O3. The average Bonchev–Trinajstić information content (AvgIpc) is 2.88. The summed E-state index contributed by atoms with van der Waals surface area (Å²) in [5.74, 6) is 0.453. The van der Waals surface area contributed by atoms with Gasteiger partial charge in [-0.25, -0.2) is 0 Å². The second kappa shape index (κ2) is 10.4. The van der Waals surface area contributed by atoms with Gasteiger partial charge in [-0.3, -0.25) is 14.6 Å². The van der Waals surface area contributed by atoms with Crippen molar-refractivity contribution in [3.05, 3.63) is 53.3 Å². The third-order valence-electron chi connectivity index (χ3n) is 4.65. The van der Waals surface area contributed by atoms with Crippen LogP contribution in [0.5, 0.6) is 5.75 Å². The van der Waals surface area contributed by atoms with Crippen LogP contribution < -0.4 is 15.4 Å². The van der Waals surface area contributed by atoms with Crippen molar-refractivity contribution < 1.29 is 14.3 Å². The largest absolute Gasteiger partial charge is 0.491 e. The topological polar surface area (TPSA) is 85.5 Å².